The first-order chi connectivity index (χ1) is 30.3. The molecule has 0 saturated carbocycles. The molecule has 0 saturated heterocycles. The Morgan fingerprint density at radius 2 is 0.803 bits per heavy atom. The summed E-state index contributed by atoms with van der Waals surface area (Å²) < 4.78 is 2.46. The maximum atomic E-state index is 5.35. The van der Waals surface area contributed by atoms with Gasteiger partial charge in [-0.05, 0) is 74.5 Å². The van der Waals surface area contributed by atoms with Crippen LogP contribution in [0.3, 0.4) is 0 Å². The fourth-order valence-corrected chi connectivity index (χ4v) is 9.11. The van der Waals surface area contributed by atoms with Gasteiger partial charge in [0.2, 0.25) is 0 Å². The molecule has 0 radical (unpaired) electrons. The Hall–Kier alpha value is -8.28. The fraction of sp³-hybridized carbons (Fsp3) is 0. The van der Waals surface area contributed by atoms with Crippen LogP contribution in [-0.4, -0.2) is 24.5 Å². The van der Waals surface area contributed by atoms with Crippen LogP contribution in [0.5, 0.6) is 0 Å². The quantitative estimate of drug-likeness (QED) is 0.158. The van der Waals surface area contributed by atoms with E-state index in [9.17, 15) is 0 Å². The Kier molecular flexibility index (Phi) is 8.10. The number of benzene rings is 9. The van der Waals surface area contributed by atoms with Crippen molar-refractivity contribution in [3.8, 4) is 62.4 Å². The SMILES string of the molecule is c1ccc(-c2ccc3c(c2)c2ccccc2n3-c2cccc3c4ccccc4c4c(-c5cccc(-c6nc(-c7ccccc7)nc(-c7ccccc7)n6)n5)cccc4c23)cc1. The minimum Gasteiger partial charge on any atom is -0.309 e. The van der Waals surface area contributed by atoms with Gasteiger partial charge in [-0.15, -0.1) is 0 Å². The molecule has 0 amide bonds. The van der Waals surface area contributed by atoms with E-state index in [-0.39, 0.29) is 0 Å². The molecular formula is C56H35N5. The second-order valence-electron chi connectivity index (χ2n) is 15.4. The van der Waals surface area contributed by atoms with E-state index >= 15 is 0 Å². The minimum absolute atomic E-state index is 0.522. The summed E-state index contributed by atoms with van der Waals surface area (Å²) >= 11 is 0. The standard InChI is InChI=1S/C56H35N5/c1-4-17-36(18-5-1)39-33-34-50-46(35-39)41-24-12-13-31-49(41)61(50)51-32-15-26-43-40-23-10-11-25-42(40)52-44(27-14-28-45(52)53(43)51)47-29-16-30-48(57-47)56-59-54(37-19-6-2-7-20-37)58-55(60-56)38-21-8-3-9-22-38/h1-35H. The van der Waals surface area contributed by atoms with Crippen LogP contribution >= 0.6 is 0 Å². The summed E-state index contributed by atoms with van der Waals surface area (Å²) in [7, 11) is 0. The van der Waals surface area contributed by atoms with E-state index < -0.39 is 0 Å². The number of aromatic nitrogens is 5. The van der Waals surface area contributed by atoms with Crippen LogP contribution in [0.25, 0.3) is 116 Å². The van der Waals surface area contributed by atoms with E-state index in [4.69, 9.17) is 19.9 Å². The lowest BCUT2D eigenvalue weighted by Gasteiger charge is -2.18. The van der Waals surface area contributed by atoms with Crippen molar-refractivity contribution in [2.24, 2.45) is 0 Å². The molecule has 12 aromatic rings. The van der Waals surface area contributed by atoms with Crippen LogP contribution in [-0.2, 0) is 0 Å². The van der Waals surface area contributed by atoms with Gasteiger partial charge in [0, 0.05) is 32.8 Å². The zero-order valence-corrected chi connectivity index (χ0v) is 32.9. The van der Waals surface area contributed by atoms with E-state index in [1.807, 2.05) is 66.7 Å². The fourth-order valence-electron chi connectivity index (χ4n) is 9.11. The first-order valence-corrected chi connectivity index (χ1v) is 20.6. The molecule has 3 heterocycles. The molecular weight excluding hydrogens is 743 g/mol. The predicted molar refractivity (Wildman–Crippen MR) is 252 cm³/mol. The Morgan fingerprint density at radius 1 is 0.279 bits per heavy atom. The van der Waals surface area contributed by atoms with Crippen LogP contribution in [0, 0.1) is 0 Å². The number of pyridine rings is 1. The average molecular weight is 778 g/mol. The molecule has 0 aliphatic heterocycles. The van der Waals surface area contributed by atoms with Gasteiger partial charge in [-0.3, -0.25) is 0 Å². The molecule has 0 N–H and O–H groups in total. The maximum Gasteiger partial charge on any atom is 0.182 e. The Labute approximate surface area is 351 Å². The minimum atomic E-state index is 0.522. The van der Waals surface area contributed by atoms with Crippen LogP contribution in [0.1, 0.15) is 0 Å². The maximum absolute atomic E-state index is 5.35. The third kappa shape index (κ3) is 5.78. The lowest BCUT2D eigenvalue weighted by atomic mass is 9.90. The summed E-state index contributed by atoms with van der Waals surface area (Å²) in [6.07, 6.45) is 0. The van der Waals surface area contributed by atoms with E-state index in [1.54, 1.807) is 0 Å². The third-order valence-corrected chi connectivity index (χ3v) is 11.8. The number of para-hydroxylation sites is 1. The smallest absolute Gasteiger partial charge is 0.182 e. The topological polar surface area (TPSA) is 56.5 Å². The summed E-state index contributed by atoms with van der Waals surface area (Å²) in [5.74, 6) is 1.73. The van der Waals surface area contributed by atoms with Gasteiger partial charge in [0.15, 0.2) is 17.5 Å². The van der Waals surface area contributed by atoms with Gasteiger partial charge < -0.3 is 4.57 Å². The predicted octanol–water partition coefficient (Wildman–Crippen LogP) is 14.2. The highest BCUT2D eigenvalue weighted by Crippen LogP contribution is 2.44. The van der Waals surface area contributed by atoms with Crippen LogP contribution < -0.4 is 0 Å². The molecule has 0 aliphatic rings. The number of nitrogens with zero attached hydrogens (tertiary/aromatic N) is 5. The summed E-state index contributed by atoms with van der Waals surface area (Å²) in [4.78, 5) is 20.3. The molecule has 0 unspecified atom stereocenters. The number of hydrogen-bond donors (Lipinski definition) is 0. The average Bonchev–Trinajstić information content (AvgIpc) is 3.68. The normalized spacial score (nSPS) is 11.6. The second kappa shape index (κ2) is 14.2. The molecule has 12 rings (SSSR count). The first kappa shape index (κ1) is 34.7. The largest absolute Gasteiger partial charge is 0.309 e. The van der Waals surface area contributed by atoms with Crippen LogP contribution in [0.2, 0.25) is 0 Å². The molecule has 284 valence electrons. The van der Waals surface area contributed by atoms with Gasteiger partial charge in [-0.2, -0.15) is 0 Å². The van der Waals surface area contributed by atoms with Gasteiger partial charge in [0.1, 0.15) is 5.69 Å². The van der Waals surface area contributed by atoms with Crippen molar-refractivity contribution in [1.29, 1.82) is 0 Å². The van der Waals surface area contributed by atoms with E-state index in [2.05, 4.69) is 150 Å². The molecule has 5 nitrogen and oxygen atoms in total. The van der Waals surface area contributed by atoms with Crippen molar-refractivity contribution in [3.05, 3.63) is 212 Å². The molecule has 0 atom stereocenters. The molecule has 5 heteroatoms. The van der Waals surface area contributed by atoms with Gasteiger partial charge in [0.25, 0.3) is 0 Å². The van der Waals surface area contributed by atoms with Crippen molar-refractivity contribution < 1.29 is 0 Å². The number of rotatable bonds is 6. The summed E-state index contributed by atoms with van der Waals surface area (Å²) in [6, 6.07) is 74.7. The van der Waals surface area contributed by atoms with E-state index in [0.717, 1.165) is 33.5 Å². The van der Waals surface area contributed by atoms with Gasteiger partial charge in [0.05, 0.1) is 22.4 Å². The number of fused-ring (bicyclic) bond motifs is 9. The summed E-state index contributed by atoms with van der Waals surface area (Å²) in [6.45, 7) is 0. The van der Waals surface area contributed by atoms with Crippen molar-refractivity contribution in [2.75, 3.05) is 0 Å². The first-order valence-electron chi connectivity index (χ1n) is 20.6. The molecule has 3 aromatic heterocycles. The van der Waals surface area contributed by atoms with Crippen LogP contribution in [0.15, 0.2) is 212 Å². The van der Waals surface area contributed by atoms with E-state index in [0.29, 0.717) is 23.2 Å². The van der Waals surface area contributed by atoms with Crippen LogP contribution in [0.4, 0.5) is 0 Å². The lowest BCUT2D eigenvalue weighted by Crippen LogP contribution is -2.01. The number of hydrogen-bond acceptors (Lipinski definition) is 4. The Balaban J connectivity index is 1.09. The molecule has 61 heavy (non-hydrogen) atoms. The molecule has 0 spiro atoms. The highest BCUT2D eigenvalue weighted by atomic mass is 15.0. The van der Waals surface area contributed by atoms with Crippen molar-refractivity contribution in [2.45, 2.75) is 0 Å². The second-order valence-corrected chi connectivity index (χ2v) is 15.4. The zero-order valence-electron chi connectivity index (χ0n) is 32.9. The van der Waals surface area contributed by atoms with E-state index in [1.165, 1.54) is 59.9 Å². The molecule has 0 bridgehead atoms. The van der Waals surface area contributed by atoms with Crippen molar-refractivity contribution in [3.63, 3.8) is 0 Å². The summed E-state index contributed by atoms with van der Waals surface area (Å²) in [5.41, 5.74) is 10.3. The third-order valence-electron chi connectivity index (χ3n) is 11.8. The zero-order chi connectivity index (χ0) is 40.3. The monoisotopic (exact) mass is 777 g/mol. The Bertz CT molecular complexity index is 3580. The van der Waals surface area contributed by atoms with Gasteiger partial charge >= 0.3 is 0 Å². The molecule has 9 aromatic carbocycles. The van der Waals surface area contributed by atoms with Crippen molar-refractivity contribution >= 4 is 54.1 Å². The Morgan fingerprint density at radius 3 is 1.54 bits per heavy atom. The highest BCUT2D eigenvalue weighted by molar-refractivity contribution is 6.30. The lowest BCUT2D eigenvalue weighted by molar-refractivity contribution is 1.06. The van der Waals surface area contributed by atoms with Gasteiger partial charge in [-0.25, -0.2) is 19.9 Å². The van der Waals surface area contributed by atoms with Gasteiger partial charge in [-0.1, -0.05) is 176 Å². The van der Waals surface area contributed by atoms with Crippen molar-refractivity contribution in [1.82, 2.24) is 24.5 Å². The molecule has 0 fully saturated rings. The molecule has 0 aliphatic carbocycles. The highest BCUT2D eigenvalue weighted by Gasteiger charge is 2.21. The summed E-state index contributed by atoms with van der Waals surface area (Å²) in [5, 5.41) is 9.55.